The molecule has 244 valence electrons. The molecule has 0 amide bonds. The first-order chi connectivity index (χ1) is 25.5. The van der Waals surface area contributed by atoms with Crippen molar-refractivity contribution in [2.45, 2.75) is 19.3 Å². The highest BCUT2D eigenvalue weighted by atomic mass is 15.0. The predicted molar refractivity (Wildman–Crippen MR) is 212 cm³/mol. The third-order valence-electron chi connectivity index (χ3n) is 10.8. The fraction of sp³-hybridized carbons (Fsp3) is 0.0625. The van der Waals surface area contributed by atoms with Gasteiger partial charge in [0.2, 0.25) is 0 Å². The van der Waals surface area contributed by atoms with Gasteiger partial charge in [0.25, 0.3) is 0 Å². The highest BCUT2D eigenvalue weighted by Gasteiger charge is 2.36. The highest BCUT2D eigenvalue weighted by Crippen LogP contribution is 2.51. The maximum atomic E-state index is 9.56. The molecule has 9 aromatic rings. The average molecular weight is 665 g/mol. The largest absolute Gasteiger partial charge is 0.309 e. The van der Waals surface area contributed by atoms with Gasteiger partial charge in [-0.2, -0.15) is 5.26 Å². The van der Waals surface area contributed by atoms with Gasteiger partial charge in [-0.25, -0.2) is 9.97 Å². The molecular weight excluding hydrogens is 633 g/mol. The average Bonchev–Trinajstić information content (AvgIpc) is 3.64. The van der Waals surface area contributed by atoms with E-state index in [-0.39, 0.29) is 5.41 Å². The smallest absolute Gasteiger partial charge is 0.160 e. The fourth-order valence-electron chi connectivity index (χ4n) is 8.24. The van der Waals surface area contributed by atoms with Crippen LogP contribution >= 0.6 is 0 Å². The van der Waals surface area contributed by atoms with Crippen LogP contribution in [-0.4, -0.2) is 14.5 Å². The number of hydrogen-bond donors (Lipinski definition) is 0. The van der Waals surface area contributed by atoms with E-state index in [1.54, 1.807) is 0 Å². The molecule has 2 heterocycles. The molecule has 0 radical (unpaired) electrons. The second-order valence-corrected chi connectivity index (χ2v) is 14.2. The number of benzene rings is 7. The molecule has 7 aromatic carbocycles. The lowest BCUT2D eigenvalue weighted by Crippen LogP contribution is -2.15. The van der Waals surface area contributed by atoms with Crippen molar-refractivity contribution in [3.63, 3.8) is 0 Å². The number of nitrogens with zero attached hydrogens (tertiary/aromatic N) is 4. The van der Waals surface area contributed by atoms with Crippen LogP contribution in [0, 0.1) is 11.3 Å². The van der Waals surface area contributed by atoms with Gasteiger partial charge in [-0.1, -0.05) is 117 Å². The summed E-state index contributed by atoms with van der Waals surface area (Å²) in [7, 11) is 0. The summed E-state index contributed by atoms with van der Waals surface area (Å²) in [5, 5.41) is 13.0. The maximum absolute atomic E-state index is 9.56. The molecule has 0 fully saturated rings. The van der Waals surface area contributed by atoms with Crippen molar-refractivity contribution in [1.29, 1.82) is 5.26 Å². The van der Waals surface area contributed by atoms with Crippen molar-refractivity contribution in [3.05, 3.63) is 174 Å². The van der Waals surface area contributed by atoms with Crippen LogP contribution in [0.1, 0.15) is 30.5 Å². The van der Waals surface area contributed by atoms with E-state index in [9.17, 15) is 5.26 Å². The summed E-state index contributed by atoms with van der Waals surface area (Å²) in [6.45, 7) is 4.67. The second kappa shape index (κ2) is 11.3. The first kappa shape index (κ1) is 30.0. The van der Waals surface area contributed by atoms with Crippen molar-refractivity contribution < 1.29 is 0 Å². The highest BCUT2D eigenvalue weighted by molar-refractivity contribution is 6.12. The van der Waals surface area contributed by atoms with Gasteiger partial charge in [0.15, 0.2) is 5.82 Å². The summed E-state index contributed by atoms with van der Waals surface area (Å²) >= 11 is 0. The van der Waals surface area contributed by atoms with E-state index in [0.717, 1.165) is 55.6 Å². The number of rotatable bonds is 4. The Morgan fingerprint density at radius 3 is 2.06 bits per heavy atom. The third kappa shape index (κ3) is 4.53. The Morgan fingerprint density at radius 2 is 1.23 bits per heavy atom. The normalized spacial score (nSPS) is 12.9. The Hall–Kier alpha value is -6.83. The zero-order valence-electron chi connectivity index (χ0n) is 28.8. The van der Waals surface area contributed by atoms with E-state index >= 15 is 0 Å². The van der Waals surface area contributed by atoms with E-state index in [1.165, 1.54) is 33.0 Å². The summed E-state index contributed by atoms with van der Waals surface area (Å²) < 4.78 is 2.40. The number of fused-ring (bicyclic) bond motifs is 7. The van der Waals surface area contributed by atoms with Crippen molar-refractivity contribution >= 4 is 32.7 Å². The van der Waals surface area contributed by atoms with Crippen molar-refractivity contribution in [1.82, 2.24) is 14.5 Å². The number of hydrogen-bond acceptors (Lipinski definition) is 3. The Kier molecular flexibility index (Phi) is 6.55. The van der Waals surface area contributed by atoms with Crippen LogP contribution in [0.4, 0.5) is 0 Å². The molecule has 0 aliphatic heterocycles. The molecule has 4 heteroatoms. The van der Waals surface area contributed by atoms with E-state index in [2.05, 4.69) is 128 Å². The molecule has 1 aliphatic carbocycles. The summed E-state index contributed by atoms with van der Waals surface area (Å²) in [6, 6.07) is 57.6. The summed E-state index contributed by atoms with van der Waals surface area (Å²) in [4.78, 5) is 10.4. The van der Waals surface area contributed by atoms with Gasteiger partial charge in [-0.3, -0.25) is 0 Å². The molecule has 0 saturated heterocycles. The Morgan fingerprint density at radius 1 is 0.519 bits per heavy atom. The van der Waals surface area contributed by atoms with Crippen molar-refractivity contribution in [2.24, 2.45) is 0 Å². The van der Waals surface area contributed by atoms with Crippen LogP contribution in [0.25, 0.3) is 83.3 Å². The minimum absolute atomic E-state index is 0.135. The van der Waals surface area contributed by atoms with Gasteiger partial charge in [0.1, 0.15) is 0 Å². The molecule has 0 N–H and O–H groups in total. The van der Waals surface area contributed by atoms with E-state index in [1.807, 2.05) is 54.6 Å². The molecule has 4 nitrogen and oxygen atoms in total. The minimum atomic E-state index is -0.135. The zero-order valence-corrected chi connectivity index (χ0v) is 28.8. The predicted octanol–water partition coefficient (Wildman–Crippen LogP) is 11.9. The molecule has 0 saturated carbocycles. The second-order valence-electron chi connectivity index (χ2n) is 14.2. The molecule has 0 unspecified atom stereocenters. The molecule has 10 rings (SSSR count). The molecule has 2 aromatic heterocycles. The summed E-state index contributed by atoms with van der Waals surface area (Å²) in [5.41, 5.74) is 14.9. The standard InChI is InChI=1S/C48H32N4/c1-48(2)41-17-9-6-14-36(41)39-27-40-37-15-8-11-19-44(37)52(45(40)28-42(39)48)35-25-33(31-22-20-30(29-49)21-23-31)24-34(26-35)47-50-43-18-10-7-16-38(43)46(51-47)32-12-4-3-5-13-32/h3-28H,1-2H3. The molecule has 52 heavy (non-hydrogen) atoms. The van der Waals surface area contributed by atoms with E-state index in [0.29, 0.717) is 11.4 Å². The molecule has 0 bridgehead atoms. The van der Waals surface area contributed by atoms with Crippen LogP contribution in [0.15, 0.2) is 158 Å². The Balaban J connectivity index is 1.27. The first-order valence-electron chi connectivity index (χ1n) is 17.6. The SMILES string of the molecule is CC1(C)c2ccccc2-c2cc3c4ccccc4n(-c4cc(-c5ccc(C#N)cc5)cc(-c5nc(-c6ccccc6)c6ccccc6n5)c4)c3cc21. The van der Waals surface area contributed by atoms with Crippen molar-refractivity contribution in [2.75, 3.05) is 0 Å². The van der Waals surface area contributed by atoms with Crippen LogP contribution in [0.5, 0.6) is 0 Å². The van der Waals surface area contributed by atoms with Crippen LogP contribution in [-0.2, 0) is 5.41 Å². The van der Waals surface area contributed by atoms with Gasteiger partial charge in [0.05, 0.1) is 33.9 Å². The monoisotopic (exact) mass is 664 g/mol. The van der Waals surface area contributed by atoms with E-state index < -0.39 is 0 Å². The van der Waals surface area contributed by atoms with Gasteiger partial charge < -0.3 is 4.57 Å². The van der Waals surface area contributed by atoms with Gasteiger partial charge >= 0.3 is 0 Å². The van der Waals surface area contributed by atoms with Crippen LogP contribution in [0.2, 0.25) is 0 Å². The van der Waals surface area contributed by atoms with Crippen LogP contribution < -0.4 is 0 Å². The topological polar surface area (TPSA) is 54.5 Å². The molecule has 0 spiro atoms. The molecule has 0 atom stereocenters. The minimum Gasteiger partial charge on any atom is -0.309 e. The Bertz CT molecular complexity index is 2930. The van der Waals surface area contributed by atoms with Crippen molar-refractivity contribution in [3.8, 4) is 56.7 Å². The number of nitriles is 1. The number of para-hydroxylation sites is 2. The summed E-state index contributed by atoms with van der Waals surface area (Å²) in [6.07, 6.45) is 0. The third-order valence-corrected chi connectivity index (χ3v) is 10.8. The lowest BCUT2D eigenvalue weighted by atomic mass is 9.82. The van der Waals surface area contributed by atoms with Gasteiger partial charge in [0, 0.05) is 38.4 Å². The van der Waals surface area contributed by atoms with Crippen LogP contribution in [0.3, 0.4) is 0 Å². The van der Waals surface area contributed by atoms with Gasteiger partial charge in [-0.15, -0.1) is 0 Å². The number of aromatic nitrogens is 3. The molecular formula is C48H32N4. The lowest BCUT2D eigenvalue weighted by Gasteiger charge is -2.22. The maximum Gasteiger partial charge on any atom is 0.160 e. The van der Waals surface area contributed by atoms with E-state index in [4.69, 9.17) is 9.97 Å². The summed E-state index contributed by atoms with van der Waals surface area (Å²) in [5.74, 6) is 0.660. The Labute approximate surface area is 301 Å². The quantitative estimate of drug-likeness (QED) is 0.188. The lowest BCUT2D eigenvalue weighted by molar-refractivity contribution is 0.661. The first-order valence-corrected chi connectivity index (χ1v) is 17.6. The van der Waals surface area contributed by atoms with Gasteiger partial charge in [-0.05, 0) is 88.0 Å². The zero-order chi connectivity index (χ0) is 35.0. The fourth-order valence-corrected chi connectivity index (χ4v) is 8.24. The molecule has 1 aliphatic rings.